The number of phosphoric ester groups is 1. The number of carboxylic acids is 1. The van der Waals surface area contributed by atoms with Gasteiger partial charge in [-0.3, -0.25) is 18.9 Å². The van der Waals surface area contributed by atoms with Crippen molar-refractivity contribution in [1.29, 1.82) is 0 Å². The molecule has 0 saturated carbocycles. The lowest BCUT2D eigenvalue weighted by atomic mass is 9.88. The molecule has 412 valence electrons. The molecular weight excluding hydrogens is 1070 g/mol. The molecule has 2 unspecified atom stereocenters. The number of carbonyl (C=O) groups excluding carboxylic acids is 2. The van der Waals surface area contributed by atoms with Crippen molar-refractivity contribution in [2.24, 2.45) is 4.99 Å². The summed E-state index contributed by atoms with van der Waals surface area (Å²) in [5.74, 6) is 3.86. The van der Waals surface area contributed by atoms with Crippen LogP contribution in [-0.2, 0) is 41.1 Å². The van der Waals surface area contributed by atoms with Crippen molar-refractivity contribution < 1.29 is 84.5 Å². The van der Waals surface area contributed by atoms with Gasteiger partial charge in [0.05, 0.1) is 42.3 Å². The van der Waals surface area contributed by atoms with Crippen molar-refractivity contribution in [1.82, 2.24) is 20.2 Å². The molecule has 1 saturated heterocycles. The number of aromatic carboxylic acids is 1. The van der Waals surface area contributed by atoms with Gasteiger partial charge in [-0.2, -0.15) is 13.6 Å². The van der Waals surface area contributed by atoms with Gasteiger partial charge in [0.15, 0.2) is 0 Å². The summed E-state index contributed by atoms with van der Waals surface area (Å²) in [6.45, 7) is 15.1. The van der Waals surface area contributed by atoms with Crippen molar-refractivity contribution in [3.63, 3.8) is 0 Å². The van der Waals surface area contributed by atoms with Crippen molar-refractivity contribution in [2.45, 2.75) is 59.0 Å². The van der Waals surface area contributed by atoms with Crippen LogP contribution >= 0.6 is 23.5 Å². The second-order valence-electron chi connectivity index (χ2n) is 17.0. The number of carbonyl (C=O) groups is 3. The number of phosphoric acid groups is 3. The minimum absolute atomic E-state index is 0.0209. The Kier molecular flexibility index (Phi) is 19.7. The fourth-order valence-electron chi connectivity index (χ4n) is 7.92. The van der Waals surface area contributed by atoms with Crippen molar-refractivity contribution in [3.8, 4) is 34.3 Å². The molecule has 0 bridgehead atoms. The maximum Gasteiger partial charge on any atom is 0.490 e. The maximum atomic E-state index is 13.6. The van der Waals surface area contributed by atoms with Crippen LogP contribution in [0.25, 0.3) is 33.4 Å². The highest BCUT2D eigenvalue weighted by Crippen LogP contribution is 2.66. The Morgan fingerprint density at radius 3 is 2.45 bits per heavy atom. The molecule has 3 heterocycles. The topological polar surface area (TPSA) is 381 Å². The minimum atomic E-state index is -5.80. The van der Waals surface area contributed by atoms with Crippen LogP contribution in [0.15, 0.2) is 87.7 Å². The predicted molar refractivity (Wildman–Crippen MR) is 278 cm³/mol. The fraction of sp³-hybridized carbons (Fsp3) is 0.333. The summed E-state index contributed by atoms with van der Waals surface area (Å²) in [7, 11) is -17.0. The largest absolute Gasteiger partial charge is 0.490 e. The molecule has 1 fully saturated rings. The molecule has 26 nitrogen and oxygen atoms in total. The molecule has 5 atom stereocenters. The first kappa shape index (κ1) is 59.4. The van der Waals surface area contributed by atoms with Gasteiger partial charge < -0.3 is 65.0 Å². The standard InChI is InChI=1S/C48H56N7O19P3/c1-7-17-68-40-23-42(72-41(40)26-70-76(64,65)74-77(66,67)73-75(61,62)63)55-24-31(44(49)54-47(55)59)11-10-15-53-48(60)69-25-27(4)14-16-52-45(56)30-12-13-32(46(57)58)33(20-30)43-34-18-28(5)36(50-8-2)21-38(34)71-39-22-37(51-9-3)29(6)19-35(39)43/h7,12-13,18-22,24,40-42,50H,1,4,8-9,14-17,23,25-26H2,2-3,5-6H3,(H,52,56)(H,53,60)(H,57,58)(H,64,65)(H,66,67)(H2,49,54,59)(H2,61,62,63)/t40-,41+,42+/m0/s1. The minimum Gasteiger partial charge on any atom is -0.478 e. The Balaban J connectivity index is 1.05. The molecule has 3 aromatic rings. The molecule has 10 N–H and O–H groups in total. The third kappa shape index (κ3) is 15.9. The average molecular weight is 1130 g/mol. The van der Waals surface area contributed by atoms with E-state index in [0.717, 1.165) is 26.7 Å². The predicted octanol–water partition coefficient (Wildman–Crippen LogP) is 5.67. The van der Waals surface area contributed by atoms with Gasteiger partial charge in [-0.05, 0) is 86.7 Å². The van der Waals surface area contributed by atoms with E-state index in [9.17, 15) is 47.8 Å². The number of benzene rings is 3. The molecule has 0 spiro atoms. The summed E-state index contributed by atoms with van der Waals surface area (Å²) in [5, 5.41) is 20.4. The molecule has 1 aliphatic carbocycles. The number of anilines is 2. The fourth-order valence-corrected chi connectivity index (χ4v) is 11.0. The number of nitrogens with one attached hydrogen (secondary N) is 3. The van der Waals surface area contributed by atoms with E-state index in [4.69, 9.17) is 38.7 Å². The number of alkyl carbamates (subject to hydrolysis) is 1. The molecule has 2 aromatic carbocycles. The molecular formula is C48H56N7O19P3. The number of rotatable bonds is 23. The van der Waals surface area contributed by atoms with Gasteiger partial charge in [0.25, 0.3) is 5.91 Å². The summed E-state index contributed by atoms with van der Waals surface area (Å²) in [4.78, 5) is 97.2. The number of carboxylic acid groups (broad SMARTS) is 1. The Hall–Kier alpha value is -6.81. The van der Waals surface area contributed by atoms with Crippen LogP contribution in [0.1, 0.15) is 70.3 Å². The second kappa shape index (κ2) is 25.6. The van der Waals surface area contributed by atoms with Crippen LogP contribution in [0.5, 0.6) is 0 Å². The molecule has 2 aliphatic heterocycles. The van der Waals surface area contributed by atoms with Gasteiger partial charge in [0.2, 0.25) is 0 Å². The Morgan fingerprint density at radius 2 is 1.77 bits per heavy atom. The summed E-state index contributed by atoms with van der Waals surface area (Å²) < 4.78 is 71.4. The normalized spacial score (nSPS) is 17.2. The van der Waals surface area contributed by atoms with Gasteiger partial charge in [-0.15, -0.1) is 6.58 Å². The van der Waals surface area contributed by atoms with E-state index < -0.39 is 72.2 Å². The number of fused-ring (bicyclic) bond motifs is 2. The number of hydrogen-bond donors (Lipinski definition) is 9. The number of hydrogen-bond acceptors (Lipinski definition) is 18. The summed E-state index contributed by atoms with van der Waals surface area (Å²) in [6, 6.07) is 11.9. The highest BCUT2D eigenvalue weighted by Gasteiger charge is 2.44. The first-order chi connectivity index (χ1) is 36.3. The zero-order valence-electron chi connectivity index (χ0n) is 41.9. The Morgan fingerprint density at radius 1 is 1.01 bits per heavy atom. The number of amides is 2. The number of nitrogens with zero attached hydrogens (tertiary/aromatic N) is 3. The number of nitrogen functional groups attached to an aromatic ring is 1. The van der Waals surface area contributed by atoms with Crippen LogP contribution in [0.2, 0.25) is 0 Å². The first-order valence-corrected chi connectivity index (χ1v) is 27.9. The molecule has 1 aromatic heterocycles. The van der Waals surface area contributed by atoms with E-state index in [0.29, 0.717) is 52.1 Å². The third-order valence-electron chi connectivity index (χ3n) is 11.3. The van der Waals surface area contributed by atoms with Gasteiger partial charge in [-0.1, -0.05) is 24.5 Å². The number of aryl methyl sites for hydroxylation is 2. The van der Waals surface area contributed by atoms with Gasteiger partial charge >= 0.3 is 41.2 Å². The van der Waals surface area contributed by atoms with E-state index in [-0.39, 0.29) is 61.7 Å². The smallest absolute Gasteiger partial charge is 0.478 e. The lowest BCUT2D eigenvalue weighted by Gasteiger charge is -2.21. The van der Waals surface area contributed by atoms with Crippen LogP contribution < -0.4 is 32.7 Å². The van der Waals surface area contributed by atoms with E-state index in [1.165, 1.54) is 24.4 Å². The van der Waals surface area contributed by atoms with Crippen LogP contribution in [0.3, 0.4) is 0 Å². The molecule has 29 heteroatoms. The summed E-state index contributed by atoms with van der Waals surface area (Å²) in [5.41, 5.74) is 10.3. The SMILES string of the molecule is C=CCO[C@H]1C[C@H](n2cc(C#CCNC(=O)OCC(=C)CCNC(=O)c3ccc(C(=O)O)c(-c4c5cc(C)c(=NCC)cc-5oc5cc(NCC)c(C)cc45)c3)c(N)nc2=O)O[C@@H]1COP(=O)(O)OP(=O)(O)OP(=O)(O)O. The quantitative estimate of drug-likeness (QED) is 0.0165. The maximum absolute atomic E-state index is 13.6. The van der Waals surface area contributed by atoms with Crippen LogP contribution in [0.4, 0.5) is 16.3 Å². The highest BCUT2D eigenvalue weighted by atomic mass is 31.3. The van der Waals surface area contributed by atoms with Gasteiger partial charge in [0.1, 0.15) is 36.1 Å². The van der Waals surface area contributed by atoms with Crippen LogP contribution in [0, 0.1) is 25.7 Å². The lowest BCUT2D eigenvalue weighted by Crippen LogP contribution is -2.30. The molecule has 3 aliphatic rings. The molecule has 0 radical (unpaired) electrons. The zero-order chi connectivity index (χ0) is 56.4. The van der Waals surface area contributed by atoms with Gasteiger partial charge in [0, 0.05) is 72.1 Å². The van der Waals surface area contributed by atoms with Crippen molar-refractivity contribution in [2.75, 3.05) is 57.1 Å². The summed E-state index contributed by atoms with van der Waals surface area (Å²) in [6.07, 6.45) is -1.57. The first-order valence-electron chi connectivity index (χ1n) is 23.4. The van der Waals surface area contributed by atoms with Crippen molar-refractivity contribution >= 4 is 63.9 Å². The van der Waals surface area contributed by atoms with Crippen LogP contribution in [-0.4, -0.2) is 110 Å². The Labute approximate surface area is 439 Å². The van der Waals surface area contributed by atoms with E-state index in [2.05, 4.69) is 59.5 Å². The average Bonchev–Trinajstić information content (AvgIpc) is 3.77. The number of nitrogens with two attached hydrogens (primary N) is 1. The third-order valence-corrected chi connectivity index (χ3v) is 15.1. The Bertz CT molecular complexity index is 3420. The van der Waals surface area contributed by atoms with E-state index in [1.54, 1.807) is 6.07 Å². The monoisotopic (exact) mass is 1130 g/mol. The molecule has 2 amide bonds. The van der Waals surface area contributed by atoms with Crippen molar-refractivity contribution in [3.05, 3.63) is 117 Å². The van der Waals surface area contributed by atoms with Gasteiger partial charge in [-0.25, -0.2) is 28.1 Å². The summed E-state index contributed by atoms with van der Waals surface area (Å²) >= 11 is 0. The second-order valence-corrected chi connectivity index (χ2v) is 21.4. The van der Waals surface area contributed by atoms with E-state index in [1.807, 2.05) is 52.0 Å². The van der Waals surface area contributed by atoms with E-state index >= 15 is 0 Å². The highest BCUT2D eigenvalue weighted by molar-refractivity contribution is 7.66. The molecule has 77 heavy (non-hydrogen) atoms. The zero-order valence-corrected chi connectivity index (χ0v) is 44.6. The number of aromatic nitrogens is 2. The number of ether oxygens (including phenoxy) is 3. The lowest BCUT2D eigenvalue weighted by molar-refractivity contribution is -0.0570. The molecule has 6 rings (SSSR count).